The van der Waals surface area contributed by atoms with Crippen molar-refractivity contribution in [2.45, 2.75) is 26.3 Å². The van der Waals surface area contributed by atoms with E-state index >= 15 is 0 Å². The third-order valence-corrected chi connectivity index (χ3v) is 6.27. The van der Waals surface area contributed by atoms with E-state index in [1.54, 1.807) is 73.7 Å². The molecule has 0 radical (unpaired) electrons. The number of methoxy groups -OCH3 is 1. The lowest BCUT2D eigenvalue weighted by Crippen LogP contribution is -2.29. The number of hydrogen-bond acceptors (Lipinski definition) is 7. The molecule has 0 bridgehead atoms. The van der Waals surface area contributed by atoms with Crippen LogP contribution >= 0.6 is 0 Å². The molecule has 4 rings (SSSR count). The van der Waals surface area contributed by atoms with E-state index in [0.29, 0.717) is 47.3 Å². The number of benzene rings is 3. The Morgan fingerprint density at radius 1 is 0.897 bits per heavy atom. The van der Waals surface area contributed by atoms with E-state index in [9.17, 15) is 19.5 Å². The summed E-state index contributed by atoms with van der Waals surface area (Å²) in [5, 5.41) is 20.7. The van der Waals surface area contributed by atoms with E-state index in [0.717, 1.165) is 0 Å². The lowest BCUT2D eigenvalue weighted by atomic mass is 9.94. The van der Waals surface area contributed by atoms with Gasteiger partial charge >= 0.3 is 5.97 Å². The van der Waals surface area contributed by atoms with Gasteiger partial charge in [-0.3, -0.25) is 19.3 Å². The average molecular weight is 532 g/mol. The number of carboxylic acids is 1. The Hall–Kier alpha value is -4.79. The number of carboxylic acid groups (broad SMARTS) is 1. The molecule has 1 unspecified atom stereocenters. The summed E-state index contributed by atoms with van der Waals surface area (Å²) in [7, 11) is 1.48. The highest BCUT2D eigenvalue weighted by molar-refractivity contribution is 6.51. The number of Topliss-reactive ketones (excluding diaryl/α,β-unsaturated/α-hetero) is 1. The smallest absolute Gasteiger partial charge is 0.307 e. The van der Waals surface area contributed by atoms with Crippen LogP contribution in [-0.4, -0.2) is 48.2 Å². The number of aliphatic hydroxyl groups is 1. The fourth-order valence-electron chi connectivity index (χ4n) is 4.61. The first-order valence-corrected chi connectivity index (χ1v) is 12.4. The Morgan fingerprint density at radius 3 is 2.23 bits per heavy atom. The van der Waals surface area contributed by atoms with Crippen molar-refractivity contribution in [2.24, 2.45) is 0 Å². The molecule has 3 aromatic carbocycles. The maximum absolute atomic E-state index is 13.5. The summed E-state index contributed by atoms with van der Waals surface area (Å²) in [6.45, 7) is 4.36. The van der Waals surface area contributed by atoms with E-state index in [1.165, 1.54) is 12.0 Å². The number of rotatable bonds is 10. The number of hydrogen-bond donors (Lipinski definition) is 2. The highest BCUT2D eigenvalue weighted by atomic mass is 16.5. The summed E-state index contributed by atoms with van der Waals surface area (Å²) in [6, 6.07) is 17.1. The minimum atomic E-state index is -1.03. The fourth-order valence-corrected chi connectivity index (χ4v) is 4.61. The van der Waals surface area contributed by atoms with Crippen molar-refractivity contribution < 1.29 is 38.8 Å². The number of ketones is 1. The van der Waals surface area contributed by atoms with E-state index in [1.807, 2.05) is 6.92 Å². The second-order valence-electron chi connectivity index (χ2n) is 8.67. The van der Waals surface area contributed by atoms with Crippen LogP contribution in [0, 0.1) is 0 Å². The molecule has 1 aliphatic rings. The fraction of sp³-hybridized carbons (Fsp3) is 0.233. The minimum Gasteiger partial charge on any atom is -0.507 e. The first-order chi connectivity index (χ1) is 18.8. The summed E-state index contributed by atoms with van der Waals surface area (Å²) >= 11 is 0. The first-order valence-electron chi connectivity index (χ1n) is 12.4. The van der Waals surface area contributed by atoms with Gasteiger partial charge in [-0.05, 0) is 49.7 Å². The molecule has 3 aromatic rings. The van der Waals surface area contributed by atoms with Crippen LogP contribution in [0.15, 0.2) is 72.3 Å². The van der Waals surface area contributed by atoms with Crippen LogP contribution in [0.5, 0.6) is 17.2 Å². The van der Waals surface area contributed by atoms with Crippen LogP contribution in [0.25, 0.3) is 5.76 Å². The van der Waals surface area contributed by atoms with Gasteiger partial charge in [-0.15, -0.1) is 0 Å². The van der Waals surface area contributed by atoms with Gasteiger partial charge in [-0.25, -0.2) is 0 Å². The number of anilines is 1. The number of aliphatic hydroxyl groups excluding tert-OH is 1. The number of aliphatic carboxylic acids is 1. The SMILES string of the molecule is CCOc1ccc(/C(O)=C2\C(=O)C(=O)N(c3ccc(CC(=O)O)cc3)C2c2ccccc2OC)c(OCC)c1. The summed E-state index contributed by atoms with van der Waals surface area (Å²) in [5.74, 6) is -1.88. The van der Waals surface area contributed by atoms with Crippen molar-refractivity contribution >= 4 is 29.1 Å². The van der Waals surface area contributed by atoms with E-state index in [2.05, 4.69) is 0 Å². The lowest BCUT2D eigenvalue weighted by Gasteiger charge is -2.27. The van der Waals surface area contributed by atoms with Crippen LogP contribution in [0.3, 0.4) is 0 Å². The summed E-state index contributed by atoms with van der Waals surface area (Å²) in [5.41, 5.74) is 1.48. The minimum absolute atomic E-state index is 0.135. The van der Waals surface area contributed by atoms with Crippen LogP contribution in [0.1, 0.15) is 36.6 Å². The van der Waals surface area contributed by atoms with Gasteiger partial charge in [0.05, 0.1) is 43.9 Å². The Morgan fingerprint density at radius 2 is 1.59 bits per heavy atom. The Labute approximate surface area is 225 Å². The molecule has 1 heterocycles. The Kier molecular flexibility index (Phi) is 8.19. The molecule has 0 saturated carbocycles. The third kappa shape index (κ3) is 5.43. The van der Waals surface area contributed by atoms with Gasteiger partial charge in [0.15, 0.2) is 0 Å². The molecule has 1 aliphatic heterocycles. The molecule has 0 aliphatic carbocycles. The first kappa shape index (κ1) is 27.3. The van der Waals surface area contributed by atoms with E-state index in [4.69, 9.17) is 19.3 Å². The molecule has 2 N–H and O–H groups in total. The molecular weight excluding hydrogens is 502 g/mol. The van der Waals surface area contributed by atoms with Gasteiger partial charge in [-0.1, -0.05) is 30.3 Å². The van der Waals surface area contributed by atoms with E-state index in [-0.39, 0.29) is 17.6 Å². The Balaban J connectivity index is 1.93. The molecule has 1 atom stereocenters. The number of para-hydroxylation sites is 1. The second-order valence-corrected chi connectivity index (χ2v) is 8.67. The molecular formula is C30H29NO8. The predicted octanol–water partition coefficient (Wildman–Crippen LogP) is 4.75. The molecule has 202 valence electrons. The molecule has 0 spiro atoms. The summed E-state index contributed by atoms with van der Waals surface area (Å²) in [4.78, 5) is 39.4. The zero-order valence-corrected chi connectivity index (χ0v) is 21.8. The van der Waals surface area contributed by atoms with Crippen molar-refractivity contribution in [1.29, 1.82) is 0 Å². The van der Waals surface area contributed by atoms with Gasteiger partial charge in [0.2, 0.25) is 0 Å². The molecule has 9 nitrogen and oxygen atoms in total. The predicted molar refractivity (Wildman–Crippen MR) is 144 cm³/mol. The number of ether oxygens (including phenoxy) is 3. The largest absolute Gasteiger partial charge is 0.507 e. The van der Waals surface area contributed by atoms with Crippen molar-refractivity contribution in [1.82, 2.24) is 0 Å². The molecule has 39 heavy (non-hydrogen) atoms. The zero-order chi connectivity index (χ0) is 28.1. The normalized spacial score (nSPS) is 16.3. The number of nitrogens with zero attached hydrogens (tertiary/aromatic N) is 1. The van der Waals surface area contributed by atoms with Crippen molar-refractivity contribution in [3.05, 3.63) is 89.0 Å². The van der Waals surface area contributed by atoms with Crippen molar-refractivity contribution in [3.8, 4) is 17.2 Å². The monoisotopic (exact) mass is 531 g/mol. The van der Waals surface area contributed by atoms with Crippen LogP contribution in [-0.2, 0) is 20.8 Å². The van der Waals surface area contributed by atoms with Crippen molar-refractivity contribution in [2.75, 3.05) is 25.2 Å². The third-order valence-electron chi connectivity index (χ3n) is 6.27. The average Bonchev–Trinajstić information content (AvgIpc) is 3.19. The highest BCUT2D eigenvalue weighted by Gasteiger charge is 2.48. The van der Waals surface area contributed by atoms with Gasteiger partial charge in [0.1, 0.15) is 23.0 Å². The van der Waals surface area contributed by atoms with Crippen LogP contribution < -0.4 is 19.1 Å². The number of carbonyl (C=O) groups excluding carboxylic acids is 2. The van der Waals surface area contributed by atoms with Gasteiger partial charge in [0.25, 0.3) is 11.7 Å². The quantitative estimate of drug-likeness (QED) is 0.218. The number of amides is 1. The highest BCUT2D eigenvalue weighted by Crippen LogP contribution is 2.46. The second kappa shape index (κ2) is 11.7. The van der Waals surface area contributed by atoms with Crippen molar-refractivity contribution in [3.63, 3.8) is 0 Å². The van der Waals surface area contributed by atoms with E-state index < -0.39 is 29.5 Å². The molecule has 1 saturated heterocycles. The molecule has 1 fully saturated rings. The topological polar surface area (TPSA) is 123 Å². The van der Waals surface area contributed by atoms with Crippen LogP contribution in [0.2, 0.25) is 0 Å². The summed E-state index contributed by atoms with van der Waals surface area (Å²) in [6.07, 6.45) is -0.188. The zero-order valence-electron chi connectivity index (χ0n) is 21.8. The maximum atomic E-state index is 13.5. The van der Waals surface area contributed by atoms with Crippen LogP contribution in [0.4, 0.5) is 5.69 Å². The number of carbonyl (C=O) groups is 3. The molecule has 1 amide bonds. The summed E-state index contributed by atoms with van der Waals surface area (Å²) < 4.78 is 16.9. The van der Waals surface area contributed by atoms with Gasteiger partial charge in [0, 0.05) is 17.3 Å². The molecule has 0 aromatic heterocycles. The maximum Gasteiger partial charge on any atom is 0.307 e. The Bertz CT molecular complexity index is 1430. The van der Waals surface area contributed by atoms with Gasteiger partial charge < -0.3 is 24.4 Å². The lowest BCUT2D eigenvalue weighted by molar-refractivity contribution is -0.136. The molecule has 9 heteroatoms. The van der Waals surface area contributed by atoms with Gasteiger partial charge in [-0.2, -0.15) is 0 Å². The standard InChI is InChI=1S/C30H29NO8/c1-4-38-20-14-15-22(24(17-20)39-5-2)28(34)26-27(21-8-6-7-9-23(21)37-3)31(30(36)29(26)35)19-12-10-18(11-13-19)16-25(32)33/h6-15,17,27,34H,4-5,16H2,1-3H3,(H,32,33)/b28-26+.